The molecule has 2 N–H and O–H groups in total. The number of benzene rings is 1. The number of alkyl carbamates (subject to hydrolysis) is 2. The van der Waals surface area contributed by atoms with Gasteiger partial charge in [0.1, 0.15) is 13.2 Å². The first-order chi connectivity index (χ1) is 16.4. The Bertz CT molecular complexity index is 973. The molecule has 0 heterocycles. The van der Waals surface area contributed by atoms with Gasteiger partial charge < -0.3 is 20.1 Å². The zero-order valence-electron chi connectivity index (χ0n) is 20.8. The van der Waals surface area contributed by atoms with E-state index in [0.29, 0.717) is 16.8 Å². The van der Waals surface area contributed by atoms with Gasteiger partial charge in [-0.25, -0.2) is 9.59 Å². The summed E-state index contributed by atoms with van der Waals surface area (Å²) in [7, 11) is 1.67. The number of carbonyl (C=O) groups excluding carboxylic acids is 4. The van der Waals surface area contributed by atoms with Crippen molar-refractivity contribution in [3.05, 3.63) is 54.1 Å². The average Bonchev–Trinajstić information content (AvgIpc) is 2.80. The molecule has 0 aliphatic rings. The van der Waals surface area contributed by atoms with Crippen LogP contribution in [0.25, 0.3) is 0 Å². The fourth-order valence-corrected chi connectivity index (χ4v) is 2.56. The second-order valence-corrected chi connectivity index (χ2v) is 7.97. The maximum atomic E-state index is 11.8. The minimum absolute atomic E-state index is 0.0210. The van der Waals surface area contributed by atoms with E-state index < -0.39 is 24.3 Å². The molecule has 0 fully saturated rings. The highest BCUT2D eigenvalue weighted by molar-refractivity contribution is 6.00. The highest BCUT2D eigenvalue weighted by Gasteiger charge is 2.17. The van der Waals surface area contributed by atoms with Crippen LogP contribution in [0.1, 0.15) is 33.3 Å². The number of likely N-dealkylation sites (N-methyl/N-ethyl adjacent to an activating group) is 1. The minimum atomic E-state index is -0.714. The van der Waals surface area contributed by atoms with Crippen molar-refractivity contribution in [3.63, 3.8) is 0 Å². The molecule has 0 spiro atoms. The molecular formula is C24H33N5O6. The summed E-state index contributed by atoms with van der Waals surface area (Å²) < 4.78 is 10.1. The zero-order chi connectivity index (χ0) is 26.5. The first kappa shape index (κ1) is 29.0. The number of ether oxygens (including phenoxy) is 2. The van der Waals surface area contributed by atoms with Crippen molar-refractivity contribution in [3.8, 4) is 0 Å². The quantitative estimate of drug-likeness (QED) is 0.246. The van der Waals surface area contributed by atoms with Gasteiger partial charge in [0.2, 0.25) is 0 Å². The van der Waals surface area contributed by atoms with E-state index in [1.54, 1.807) is 59.0 Å². The molecule has 1 rings (SSSR count). The standard InChI is InChI=1S/C24H33N5O6/c1-15(2)21(30)17(5)25-23(32)34-13-12-29(7)28-27-20-10-8-19(9-11-20)14-35-24(33)26-18(6)22(31)16(3)4/h8-11,17-18H,1,3,12-14H2,2,4-7H3,(H,25,32)(H,26,33). The lowest BCUT2D eigenvalue weighted by molar-refractivity contribution is -0.117. The van der Waals surface area contributed by atoms with Crippen LogP contribution in [0.2, 0.25) is 0 Å². The van der Waals surface area contributed by atoms with Crippen LogP contribution < -0.4 is 10.6 Å². The molecule has 11 heteroatoms. The molecule has 1 aromatic rings. The summed E-state index contributed by atoms with van der Waals surface area (Å²) in [5, 5.41) is 14.5. The number of rotatable bonds is 13. The summed E-state index contributed by atoms with van der Waals surface area (Å²) >= 11 is 0. The van der Waals surface area contributed by atoms with Gasteiger partial charge in [0.05, 0.1) is 24.3 Å². The van der Waals surface area contributed by atoms with E-state index in [-0.39, 0.29) is 31.3 Å². The summed E-state index contributed by atoms with van der Waals surface area (Å²) in [6, 6.07) is 5.43. The van der Waals surface area contributed by atoms with Crippen molar-refractivity contribution in [2.75, 3.05) is 20.2 Å². The Morgan fingerprint density at radius 1 is 0.914 bits per heavy atom. The van der Waals surface area contributed by atoms with Crippen LogP contribution in [0.3, 0.4) is 0 Å². The van der Waals surface area contributed by atoms with Crippen LogP contribution in [-0.4, -0.2) is 61.0 Å². The molecule has 2 atom stereocenters. The van der Waals surface area contributed by atoms with Crippen LogP contribution in [-0.2, 0) is 25.7 Å². The van der Waals surface area contributed by atoms with Gasteiger partial charge in [0, 0.05) is 7.05 Å². The monoisotopic (exact) mass is 487 g/mol. The Balaban J connectivity index is 2.39. The largest absolute Gasteiger partial charge is 0.448 e. The predicted molar refractivity (Wildman–Crippen MR) is 130 cm³/mol. The summed E-state index contributed by atoms with van der Waals surface area (Å²) in [5.41, 5.74) is 2.00. The van der Waals surface area contributed by atoms with Crippen LogP contribution in [0, 0.1) is 0 Å². The third-order valence-electron chi connectivity index (χ3n) is 4.56. The second kappa shape index (κ2) is 14.3. The topological polar surface area (TPSA) is 139 Å². The third-order valence-corrected chi connectivity index (χ3v) is 4.56. The number of nitrogens with one attached hydrogen (secondary N) is 2. The van der Waals surface area contributed by atoms with E-state index in [9.17, 15) is 19.2 Å². The summed E-state index contributed by atoms with van der Waals surface area (Å²) in [6.07, 6.45) is -1.41. The van der Waals surface area contributed by atoms with Crippen molar-refractivity contribution >= 4 is 29.4 Å². The number of hydrogen-bond acceptors (Lipinski definition) is 8. The third kappa shape index (κ3) is 11.1. The number of hydrogen-bond donors (Lipinski definition) is 2. The van der Waals surface area contributed by atoms with Crippen LogP contribution in [0.5, 0.6) is 0 Å². The van der Waals surface area contributed by atoms with Gasteiger partial charge in [-0.2, -0.15) is 0 Å². The van der Waals surface area contributed by atoms with Crippen LogP contribution in [0.15, 0.2) is 58.9 Å². The number of amides is 2. The lowest BCUT2D eigenvalue weighted by Crippen LogP contribution is -2.39. The fraction of sp³-hybridized carbons (Fsp3) is 0.417. The van der Waals surface area contributed by atoms with E-state index in [2.05, 4.69) is 34.1 Å². The normalized spacial score (nSPS) is 12.3. The zero-order valence-corrected chi connectivity index (χ0v) is 20.8. The van der Waals surface area contributed by atoms with Gasteiger partial charge >= 0.3 is 12.2 Å². The highest BCUT2D eigenvalue weighted by Crippen LogP contribution is 2.14. The van der Waals surface area contributed by atoms with Gasteiger partial charge in [-0.15, -0.1) is 5.11 Å². The smallest absolute Gasteiger partial charge is 0.408 e. The van der Waals surface area contributed by atoms with E-state index in [0.717, 1.165) is 5.56 Å². The number of ketones is 2. The maximum Gasteiger partial charge on any atom is 0.408 e. The number of nitrogens with zero attached hydrogens (tertiary/aromatic N) is 3. The molecule has 2 amide bonds. The average molecular weight is 488 g/mol. The van der Waals surface area contributed by atoms with E-state index >= 15 is 0 Å². The van der Waals surface area contributed by atoms with E-state index in [1.807, 2.05) is 0 Å². The SMILES string of the molecule is C=C(C)C(=O)C(C)NC(=O)OCCN(C)N=Nc1ccc(COC(=O)NC(C)C(=O)C(=C)C)cc1. The molecule has 0 saturated heterocycles. The van der Waals surface area contributed by atoms with Crippen molar-refractivity contribution in [2.24, 2.45) is 10.3 Å². The van der Waals surface area contributed by atoms with Crippen LogP contribution in [0.4, 0.5) is 15.3 Å². The molecule has 1 aromatic carbocycles. The first-order valence-electron chi connectivity index (χ1n) is 10.9. The summed E-state index contributed by atoms with van der Waals surface area (Å²) in [6.45, 7) is 13.7. The molecule has 0 saturated carbocycles. The Morgan fingerprint density at radius 3 is 1.89 bits per heavy atom. The van der Waals surface area contributed by atoms with Gasteiger partial charge in [0.25, 0.3) is 0 Å². The number of Topliss-reactive ketones (excluding diaryl/α,β-unsaturated/α-hetero) is 2. The van der Waals surface area contributed by atoms with Crippen molar-refractivity contribution in [2.45, 2.75) is 46.4 Å². The van der Waals surface area contributed by atoms with Crippen molar-refractivity contribution in [1.29, 1.82) is 0 Å². The van der Waals surface area contributed by atoms with Gasteiger partial charge in [-0.05, 0) is 56.5 Å². The Labute approximate surface area is 205 Å². The lowest BCUT2D eigenvalue weighted by Gasteiger charge is -2.14. The highest BCUT2D eigenvalue weighted by atomic mass is 16.6. The number of carbonyl (C=O) groups is 4. The minimum Gasteiger partial charge on any atom is -0.448 e. The predicted octanol–water partition coefficient (Wildman–Crippen LogP) is 3.64. The lowest BCUT2D eigenvalue weighted by atomic mass is 10.1. The van der Waals surface area contributed by atoms with Crippen molar-refractivity contribution in [1.82, 2.24) is 15.6 Å². The van der Waals surface area contributed by atoms with Gasteiger partial charge in [-0.3, -0.25) is 14.6 Å². The fourth-order valence-electron chi connectivity index (χ4n) is 2.56. The molecule has 0 radical (unpaired) electrons. The molecule has 35 heavy (non-hydrogen) atoms. The Kier molecular flexibility index (Phi) is 11.8. The van der Waals surface area contributed by atoms with Gasteiger partial charge in [0.15, 0.2) is 11.6 Å². The molecule has 11 nitrogen and oxygen atoms in total. The molecule has 0 bridgehead atoms. The molecule has 0 aliphatic carbocycles. The summed E-state index contributed by atoms with van der Waals surface area (Å²) in [4.78, 5) is 47.0. The van der Waals surface area contributed by atoms with Crippen molar-refractivity contribution < 1.29 is 28.7 Å². The summed E-state index contributed by atoms with van der Waals surface area (Å²) in [5.74, 6) is -0.528. The molecule has 0 aliphatic heterocycles. The van der Waals surface area contributed by atoms with Gasteiger partial charge in [-0.1, -0.05) is 30.5 Å². The maximum absolute atomic E-state index is 11.8. The Morgan fingerprint density at radius 2 is 1.40 bits per heavy atom. The molecular weight excluding hydrogens is 454 g/mol. The second-order valence-electron chi connectivity index (χ2n) is 7.97. The van der Waals surface area contributed by atoms with Crippen LogP contribution >= 0.6 is 0 Å². The molecule has 2 unspecified atom stereocenters. The molecule has 0 aromatic heterocycles. The van der Waals surface area contributed by atoms with E-state index in [1.165, 1.54) is 5.01 Å². The van der Waals surface area contributed by atoms with E-state index in [4.69, 9.17) is 9.47 Å². The Hall–Kier alpha value is -4.02. The molecule has 190 valence electrons. The first-order valence-corrected chi connectivity index (χ1v) is 10.9.